The van der Waals surface area contributed by atoms with Crippen LogP contribution < -0.4 is 0 Å². The maximum absolute atomic E-state index is 11.2. The number of hydrogen-bond acceptors (Lipinski definition) is 3. The number of sulfone groups is 1. The molecule has 16 heavy (non-hydrogen) atoms. The summed E-state index contributed by atoms with van der Waals surface area (Å²) in [5.74, 6) is 0.728. The molecule has 1 aliphatic rings. The molecule has 0 aromatic heterocycles. The highest BCUT2D eigenvalue weighted by Gasteiger charge is 2.20. The van der Waals surface area contributed by atoms with Crippen LogP contribution >= 0.6 is 0 Å². The largest absolute Gasteiger partial charge is 0.301 e. The summed E-state index contributed by atoms with van der Waals surface area (Å²) in [5.41, 5.74) is 0. The first kappa shape index (κ1) is 14.0. The van der Waals surface area contributed by atoms with Crippen LogP contribution in [0.2, 0.25) is 0 Å². The molecule has 1 aliphatic heterocycles. The van der Waals surface area contributed by atoms with E-state index in [1.165, 1.54) is 38.5 Å². The van der Waals surface area contributed by atoms with Gasteiger partial charge in [0, 0.05) is 13.1 Å². The molecule has 0 atom stereocenters. The van der Waals surface area contributed by atoms with Gasteiger partial charge in [0.2, 0.25) is 0 Å². The van der Waals surface area contributed by atoms with Gasteiger partial charge >= 0.3 is 0 Å². The van der Waals surface area contributed by atoms with Crippen molar-refractivity contribution in [1.29, 1.82) is 0 Å². The molecule has 1 fully saturated rings. The van der Waals surface area contributed by atoms with E-state index < -0.39 is 9.84 Å². The molecule has 0 aliphatic carbocycles. The minimum Gasteiger partial charge on any atom is -0.301 e. The summed E-state index contributed by atoms with van der Waals surface area (Å²) in [6.45, 7) is 4.81. The number of hydrogen-bond donors (Lipinski definition) is 0. The van der Waals surface area contributed by atoms with Crippen LogP contribution in [0.4, 0.5) is 0 Å². The fourth-order valence-electron chi connectivity index (χ4n) is 2.09. The molecule has 0 radical (unpaired) electrons. The lowest BCUT2D eigenvalue weighted by atomic mass is 10.1. The molecule has 0 unspecified atom stereocenters. The molecule has 0 amide bonds. The molecule has 0 N–H and O–H groups in total. The summed E-state index contributed by atoms with van der Waals surface area (Å²) in [7, 11) is -2.70. The molecular weight excluding hydrogens is 222 g/mol. The SMILES string of the molecule is CCCCCCCCN1CCS(=O)(=O)CC1. The van der Waals surface area contributed by atoms with Crippen molar-refractivity contribution in [3.63, 3.8) is 0 Å². The summed E-state index contributed by atoms with van der Waals surface area (Å²) in [6, 6.07) is 0. The minimum absolute atomic E-state index is 0.364. The number of unbranched alkanes of at least 4 members (excludes halogenated alkanes) is 5. The topological polar surface area (TPSA) is 37.4 Å². The summed E-state index contributed by atoms with van der Waals surface area (Å²) < 4.78 is 22.4. The highest BCUT2D eigenvalue weighted by atomic mass is 32.2. The van der Waals surface area contributed by atoms with Crippen LogP contribution in [0.3, 0.4) is 0 Å². The predicted octanol–water partition coefficient (Wildman–Crippen LogP) is 2.08. The van der Waals surface area contributed by atoms with Crippen LogP contribution in [0.1, 0.15) is 45.4 Å². The molecule has 3 nitrogen and oxygen atoms in total. The summed E-state index contributed by atoms with van der Waals surface area (Å²) in [5, 5.41) is 0. The van der Waals surface area contributed by atoms with Crippen molar-refractivity contribution >= 4 is 9.84 Å². The molecule has 1 rings (SSSR count). The van der Waals surface area contributed by atoms with Crippen molar-refractivity contribution < 1.29 is 8.42 Å². The van der Waals surface area contributed by atoms with Gasteiger partial charge in [-0.15, -0.1) is 0 Å². The summed E-state index contributed by atoms with van der Waals surface area (Å²) in [4.78, 5) is 2.29. The fourth-order valence-corrected chi connectivity index (χ4v) is 3.37. The Kier molecular flexibility index (Phi) is 6.36. The van der Waals surface area contributed by atoms with Crippen molar-refractivity contribution in [2.75, 3.05) is 31.1 Å². The van der Waals surface area contributed by atoms with E-state index in [9.17, 15) is 8.42 Å². The Hall–Kier alpha value is -0.0900. The highest BCUT2D eigenvalue weighted by molar-refractivity contribution is 7.91. The standard InChI is InChI=1S/C12H25NO2S/c1-2-3-4-5-6-7-8-13-9-11-16(14,15)12-10-13/h2-12H2,1H3. The van der Waals surface area contributed by atoms with Gasteiger partial charge in [0.05, 0.1) is 11.5 Å². The Morgan fingerprint density at radius 1 is 0.938 bits per heavy atom. The molecule has 96 valence electrons. The zero-order valence-electron chi connectivity index (χ0n) is 10.5. The van der Waals surface area contributed by atoms with Gasteiger partial charge in [-0.05, 0) is 13.0 Å². The van der Waals surface area contributed by atoms with Crippen LogP contribution in [0, 0.1) is 0 Å². The predicted molar refractivity (Wildman–Crippen MR) is 68.5 cm³/mol. The molecule has 0 saturated carbocycles. The third-order valence-electron chi connectivity index (χ3n) is 3.26. The molecule has 4 heteroatoms. The Morgan fingerprint density at radius 3 is 2.12 bits per heavy atom. The Morgan fingerprint density at radius 2 is 1.50 bits per heavy atom. The van der Waals surface area contributed by atoms with Crippen molar-refractivity contribution in [3.8, 4) is 0 Å². The van der Waals surface area contributed by atoms with E-state index in [4.69, 9.17) is 0 Å². The van der Waals surface area contributed by atoms with Gasteiger partial charge in [0.1, 0.15) is 0 Å². The quantitative estimate of drug-likeness (QED) is 0.646. The van der Waals surface area contributed by atoms with E-state index in [0.29, 0.717) is 11.5 Å². The van der Waals surface area contributed by atoms with Crippen LogP contribution in [0.15, 0.2) is 0 Å². The van der Waals surface area contributed by atoms with Crippen molar-refractivity contribution in [3.05, 3.63) is 0 Å². The van der Waals surface area contributed by atoms with E-state index in [1.54, 1.807) is 0 Å². The zero-order chi connectivity index (χ0) is 11.9. The van der Waals surface area contributed by atoms with Gasteiger partial charge in [0.25, 0.3) is 0 Å². The van der Waals surface area contributed by atoms with Gasteiger partial charge in [0.15, 0.2) is 9.84 Å². The lowest BCUT2D eigenvalue weighted by Gasteiger charge is -2.26. The molecule has 1 heterocycles. The average Bonchev–Trinajstić information content (AvgIpc) is 2.25. The second-order valence-electron chi connectivity index (χ2n) is 4.76. The maximum Gasteiger partial charge on any atom is 0.152 e. The normalized spacial score (nSPS) is 21.1. The van der Waals surface area contributed by atoms with Crippen LogP contribution in [-0.4, -0.2) is 44.5 Å². The van der Waals surface area contributed by atoms with Gasteiger partial charge in [-0.3, -0.25) is 0 Å². The monoisotopic (exact) mass is 247 g/mol. The van der Waals surface area contributed by atoms with Gasteiger partial charge < -0.3 is 4.90 Å². The van der Waals surface area contributed by atoms with Gasteiger partial charge in [-0.1, -0.05) is 39.0 Å². The van der Waals surface area contributed by atoms with Crippen molar-refractivity contribution in [2.45, 2.75) is 45.4 Å². The van der Waals surface area contributed by atoms with E-state index in [0.717, 1.165) is 19.6 Å². The van der Waals surface area contributed by atoms with Crippen LogP contribution in [-0.2, 0) is 9.84 Å². The molecule has 0 aromatic carbocycles. The smallest absolute Gasteiger partial charge is 0.152 e. The molecule has 0 bridgehead atoms. The Bertz CT molecular complexity index is 261. The molecular formula is C12H25NO2S. The third kappa shape index (κ3) is 5.85. The number of rotatable bonds is 7. The van der Waals surface area contributed by atoms with Gasteiger partial charge in [-0.25, -0.2) is 8.42 Å². The summed E-state index contributed by atoms with van der Waals surface area (Å²) in [6.07, 6.45) is 7.85. The van der Waals surface area contributed by atoms with E-state index >= 15 is 0 Å². The average molecular weight is 247 g/mol. The Balaban J connectivity index is 1.98. The first-order valence-corrected chi connectivity index (χ1v) is 8.39. The van der Waals surface area contributed by atoms with E-state index in [2.05, 4.69) is 11.8 Å². The van der Waals surface area contributed by atoms with E-state index in [1.807, 2.05) is 0 Å². The maximum atomic E-state index is 11.2. The molecule has 0 spiro atoms. The third-order valence-corrected chi connectivity index (χ3v) is 4.87. The highest BCUT2D eigenvalue weighted by Crippen LogP contribution is 2.08. The summed E-state index contributed by atoms with van der Waals surface area (Å²) >= 11 is 0. The lowest BCUT2D eigenvalue weighted by molar-refractivity contribution is 0.287. The Labute approximate surface area is 100 Å². The first-order chi connectivity index (χ1) is 7.64. The molecule has 0 aromatic rings. The minimum atomic E-state index is -2.70. The second kappa shape index (κ2) is 7.28. The first-order valence-electron chi connectivity index (χ1n) is 6.57. The number of nitrogens with zero attached hydrogens (tertiary/aromatic N) is 1. The lowest BCUT2D eigenvalue weighted by Crippen LogP contribution is -2.40. The molecule has 1 saturated heterocycles. The fraction of sp³-hybridized carbons (Fsp3) is 1.00. The van der Waals surface area contributed by atoms with Crippen LogP contribution in [0.25, 0.3) is 0 Å². The zero-order valence-corrected chi connectivity index (χ0v) is 11.3. The van der Waals surface area contributed by atoms with Crippen LogP contribution in [0.5, 0.6) is 0 Å². The van der Waals surface area contributed by atoms with Gasteiger partial charge in [-0.2, -0.15) is 0 Å². The van der Waals surface area contributed by atoms with E-state index in [-0.39, 0.29) is 0 Å². The second-order valence-corrected chi connectivity index (χ2v) is 7.06. The van der Waals surface area contributed by atoms with Crippen molar-refractivity contribution in [2.24, 2.45) is 0 Å². The van der Waals surface area contributed by atoms with Crippen molar-refractivity contribution in [1.82, 2.24) is 4.90 Å².